The first kappa shape index (κ1) is 19.0. The second-order valence-electron chi connectivity index (χ2n) is 6.34. The topological polar surface area (TPSA) is 66.3 Å². The molecule has 0 aromatic heterocycles. The number of carbonyl (C=O) groups excluding carboxylic acids is 1. The van der Waals surface area contributed by atoms with Gasteiger partial charge < -0.3 is 4.74 Å². The summed E-state index contributed by atoms with van der Waals surface area (Å²) in [6, 6.07) is 15.3. The molecule has 0 unspecified atom stereocenters. The number of benzene rings is 2. The van der Waals surface area contributed by atoms with Crippen molar-refractivity contribution in [1.29, 1.82) is 0 Å². The number of hydrogen-bond acceptors (Lipinski definition) is 6. The van der Waals surface area contributed by atoms with E-state index in [1.54, 1.807) is 17.2 Å². The predicted molar refractivity (Wildman–Crippen MR) is 116 cm³/mol. The lowest BCUT2D eigenvalue weighted by molar-refractivity contribution is -0.116. The summed E-state index contributed by atoms with van der Waals surface area (Å²) in [5, 5.41) is 11.3. The Labute approximate surface area is 173 Å². The zero-order valence-corrected chi connectivity index (χ0v) is 16.6. The molecule has 6 nitrogen and oxygen atoms in total. The smallest absolute Gasteiger partial charge is 0.276 e. The molecule has 146 valence electrons. The Morgan fingerprint density at radius 1 is 1.17 bits per heavy atom. The second-order valence-corrected chi connectivity index (χ2v) is 7.35. The summed E-state index contributed by atoms with van der Waals surface area (Å²) in [7, 11) is 0. The number of rotatable bonds is 6. The molecule has 1 amide bonds. The van der Waals surface area contributed by atoms with Gasteiger partial charge in [0.2, 0.25) is 0 Å². The molecular weight excluding hydrogens is 384 g/mol. The first-order chi connectivity index (χ1) is 14.2. The molecule has 1 N–H and O–H groups in total. The van der Waals surface area contributed by atoms with E-state index in [9.17, 15) is 4.79 Å². The van der Waals surface area contributed by atoms with Crippen LogP contribution in [0.25, 0.3) is 5.70 Å². The van der Waals surface area contributed by atoms with Crippen LogP contribution >= 0.6 is 11.8 Å². The Kier molecular flexibility index (Phi) is 5.48. The number of amides is 1. The van der Waals surface area contributed by atoms with Gasteiger partial charge in [-0.3, -0.25) is 15.1 Å². The van der Waals surface area contributed by atoms with Gasteiger partial charge >= 0.3 is 0 Å². The maximum atomic E-state index is 13.0. The fraction of sp³-hybridized carbons (Fsp3) is 0.136. The van der Waals surface area contributed by atoms with Crippen molar-refractivity contribution in [2.75, 3.05) is 12.4 Å². The van der Waals surface area contributed by atoms with E-state index in [1.165, 1.54) is 11.8 Å². The molecule has 2 aromatic carbocycles. The van der Waals surface area contributed by atoms with Gasteiger partial charge in [0.05, 0.1) is 5.36 Å². The van der Waals surface area contributed by atoms with E-state index in [1.807, 2.05) is 48.5 Å². The summed E-state index contributed by atoms with van der Waals surface area (Å²) in [4.78, 5) is 17.8. The first-order valence-corrected chi connectivity index (χ1v) is 10.1. The highest BCUT2D eigenvalue weighted by molar-refractivity contribution is 8.14. The van der Waals surface area contributed by atoms with Gasteiger partial charge in [0.15, 0.2) is 11.3 Å². The number of carbonyl (C=O) groups is 1. The Morgan fingerprint density at radius 2 is 2.03 bits per heavy atom. The standard InChI is InChI=1S/C22H20N4O2S/c1-3-12-28-16-9-7-8-15(14-16)20-23-18-11-6-5-10-17(18)19-21(27)24-22(25-26(19)20)29-13-4-2/h3-11,14,20H,1-2,12-13H2,(H,24,25,27)/t20-/m0/s1. The number of hydrogen-bond donors (Lipinski definition) is 1. The van der Waals surface area contributed by atoms with Gasteiger partial charge in [-0.1, -0.05) is 60.8 Å². The molecule has 7 heteroatoms. The normalized spacial score (nSPS) is 17.3. The van der Waals surface area contributed by atoms with E-state index in [-0.39, 0.29) is 5.91 Å². The average Bonchev–Trinajstić information content (AvgIpc) is 2.75. The van der Waals surface area contributed by atoms with E-state index < -0.39 is 6.17 Å². The van der Waals surface area contributed by atoms with Crippen LogP contribution in [0.1, 0.15) is 11.7 Å². The van der Waals surface area contributed by atoms with Crippen LogP contribution in [0.5, 0.6) is 5.75 Å². The van der Waals surface area contributed by atoms with Crippen LogP contribution in [0.3, 0.4) is 0 Å². The van der Waals surface area contributed by atoms with Gasteiger partial charge in [-0.2, -0.15) is 0 Å². The largest absolute Gasteiger partial charge is 0.490 e. The zero-order valence-electron chi connectivity index (χ0n) is 15.7. The average molecular weight is 404 g/mol. The van der Waals surface area contributed by atoms with Crippen molar-refractivity contribution in [3.05, 3.63) is 90.0 Å². The predicted octanol–water partition coefficient (Wildman–Crippen LogP) is 2.31. The summed E-state index contributed by atoms with van der Waals surface area (Å²) >= 11 is 1.42. The van der Waals surface area contributed by atoms with Crippen molar-refractivity contribution in [2.45, 2.75) is 6.17 Å². The molecule has 29 heavy (non-hydrogen) atoms. The molecule has 2 aliphatic heterocycles. The van der Waals surface area contributed by atoms with Crippen LogP contribution in [0.4, 0.5) is 0 Å². The molecule has 0 saturated heterocycles. The molecule has 0 spiro atoms. The summed E-state index contributed by atoms with van der Waals surface area (Å²) in [5.74, 6) is 1.16. The molecular formula is C22H20N4O2S. The maximum absolute atomic E-state index is 13.0. The number of fused-ring (bicyclic) bond motifs is 2. The van der Waals surface area contributed by atoms with E-state index in [0.717, 1.165) is 16.1 Å². The van der Waals surface area contributed by atoms with Crippen molar-refractivity contribution in [3.63, 3.8) is 0 Å². The molecule has 2 aliphatic rings. The van der Waals surface area contributed by atoms with Crippen LogP contribution in [0, 0.1) is 0 Å². The number of para-hydroxylation sites is 1. The molecule has 2 heterocycles. The van der Waals surface area contributed by atoms with Crippen molar-refractivity contribution in [1.82, 2.24) is 10.3 Å². The minimum atomic E-state index is -0.474. The Hall–Kier alpha value is -3.32. The summed E-state index contributed by atoms with van der Waals surface area (Å²) in [5.41, 5.74) is 1.37. The Morgan fingerprint density at radius 3 is 2.86 bits per heavy atom. The molecule has 4 rings (SSSR count). The lowest BCUT2D eigenvalue weighted by atomic mass is 10.1. The zero-order chi connectivity index (χ0) is 20.2. The van der Waals surface area contributed by atoms with Gasteiger partial charge in [0.25, 0.3) is 5.91 Å². The molecule has 0 aliphatic carbocycles. The van der Waals surface area contributed by atoms with Crippen molar-refractivity contribution >= 4 is 28.5 Å². The van der Waals surface area contributed by atoms with Crippen LogP contribution in [0.2, 0.25) is 0 Å². The number of nitrogens with zero attached hydrogens (tertiary/aromatic N) is 3. The van der Waals surface area contributed by atoms with E-state index in [0.29, 0.717) is 29.0 Å². The van der Waals surface area contributed by atoms with Gasteiger partial charge in [-0.05, 0) is 18.2 Å². The van der Waals surface area contributed by atoms with Gasteiger partial charge in [0.1, 0.15) is 18.1 Å². The fourth-order valence-electron chi connectivity index (χ4n) is 3.17. The van der Waals surface area contributed by atoms with Crippen molar-refractivity contribution in [2.24, 2.45) is 10.1 Å². The second kappa shape index (κ2) is 8.36. The molecule has 0 saturated carbocycles. The highest BCUT2D eigenvalue weighted by atomic mass is 32.2. The van der Waals surface area contributed by atoms with Gasteiger partial charge in [-0.15, -0.1) is 11.7 Å². The number of hydrazone groups is 1. The summed E-state index contributed by atoms with van der Waals surface area (Å²) in [6.45, 7) is 7.82. The van der Waals surface area contributed by atoms with Gasteiger partial charge in [0, 0.05) is 16.5 Å². The minimum Gasteiger partial charge on any atom is -0.490 e. The highest BCUT2D eigenvalue weighted by Crippen LogP contribution is 2.32. The number of amidine groups is 1. The maximum Gasteiger partial charge on any atom is 0.276 e. The third kappa shape index (κ3) is 3.82. The Bertz CT molecular complexity index is 1130. The van der Waals surface area contributed by atoms with Crippen LogP contribution in [-0.4, -0.2) is 28.4 Å². The van der Waals surface area contributed by atoms with E-state index in [4.69, 9.17) is 9.73 Å². The van der Waals surface area contributed by atoms with Crippen molar-refractivity contribution in [3.8, 4) is 5.75 Å². The lowest BCUT2D eigenvalue weighted by Gasteiger charge is -2.34. The van der Waals surface area contributed by atoms with Gasteiger partial charge in [-0.25, -0.2) is 5.01 Å². The molecule has 0 radical (unpaired) electrons. The quantitative estimate of drug-likeness (QED) is 0.751. The third-order valence-corrected chi connectivity index (χ3v) is 5.24. The summed E-state index contributed by atoms with van der Waals surface area (Å²) in [6.07, 6.45) is 2.99. The first-order valence-electron chi connectivity index (χ1n) is 9.15. The number of ether oxygens (including phenoxy) is 1. The van der Waals surface area contributed by atoms with Crippen molar-refractivity contribution < 1.29 is 9.53 Å². The lowest BCUT2D eigenvalue weighted by Crippen LogP contribution is -2.50. The van der Waals surface area contributed by atoms with Crippen LogP contribution in [0.15, 0.2) is 83.9 Å². The summed E-state index contributed by atoms with van der Waals surface area (Å²) < 4.78 is 5.67. The molecule has 0 fully saturated rings. The molecule has 2 aromatic rings. The minimum absolute atomic E-state index is 0.196. The number of nitrogens with one attached hydrogen (secondary N) is 1. The van der Waals surface area contributed by atoms with Crippen LogP contribution < -0.4 is 20.6 Å². The Balaban J connectivity index is 1.84. The van der Waals surface area contributed by atoms with Crippen LogP contribution in [-0.2, 0) is 4.79 Å². The number of thioether (sulfide) groups is 1. The SMILES string of the molecule is C=CCOc1cccc([C@H]2N=c3ccccc3=C3C(=O)NC(SCC=C)=NN32)c1. The fourth-order valence-corrected chi connectivity index (χ4v) is 3.75. The molecule has 1 atom stereocenters. The van der Waals surface area contributed by atoms with E-state index in [2.05, 4.69) is 23.6 Å². The highest BCUT2D eigenvalue weighted by Gasteiger charge is 2.34. The molecule has 0 bridgehead atoms. The van der Waals surface area contributed by atoms with E-state index >= 15 is 0 Å². The third-order valence-electron chi connectivity index (χ3n) is 4.38. The monoisotopic (exact) mass is 404 g/mol.